The van der Waals surface area contributed by atoms with Crippen LogP contribution in [0.15, 0.2) is 102 Å². The summed E-state index contributed by atoms with van der Waals surface area (Å²) in [6, 6.07) is 29.6. The summed E-state index contributed by atoms with van der Waals surface area (Å²) in [7, 11) is 0. The molecule has 188 valence electrons. The van der Waals surface area contributed by atoms with Crippen LogP contribution in [0.1, 0.15) is 6.23 Å². The van der Waals surface area contributed by atoms with Gasteiger partial charge in [0.25, 0.3) is 5.56 Å². The van der Waals surface area contributed by atoms with Crippen molar-refractivity contribution >= 4 is 11.2 Å². The number of H-pyrrole nitrogens is 1. The number of nitrogens with one attached hydrogen (secondary N) is 1. The first kappa shape index (κ1) is 24.5. The first-order valence-electron chi connectivity index (χ1n) is 11.8. The lowest BCUT2D eigenvalue weighted by atomic mass is 10.0. The SMILES string of the molecule is O=c1[nH]cnc2c1ncn2[C@@H]1O[C@H](CO)[C@@H](O)[C@H]1O.c1ccc(-c2ccc(-c3ccccc3)cc2)cc1. The van der Waals surface area contributed by atoms with Gasteiger partial charge in [0, 0.05) is 0 Å². The van der Waals surface area contributed by atoms with E-state index in [1.54, 1.807) is 0 Å². The molecule has 37 heavy (non-hydrogen) atoms. The molecule has 2 aromatic heterocycles. The molecule has 9 heteroatoms. The largest absolute Gasteiger partial charge is 0.394 e. The van der Waals surface area contributed by atoms with E-state index in [0.29, 0.717) is 0 Å². The van der Waals surface area contributed by atoms with Crippen molar-refractivity contribution in [2.75, 3.05) is 6.61 Å². The fourth-order valence-corrected chi connectivity index (χ4v) is 4.28. The summed E-state index contributed by atoms with van der Waals surface area (Å²) in [5, 5.41) is 28.6. The van der Waals surface area contributed by atoms with Crippen molar-refractivity contribution in [3.05, 3.63) is 108 Å². The third kappa shape index (κ3) is 5.07. The maximum absolute atomic E-state index is 11.5. The smallest absolute Gasteiger partial charge is 0.278 e. The van der Waals surface area contributed by atoms with Crippen LogP contribution in [0.25, 0.3) is 33.4 Å². The van der Waals surface area contributed by atoms with Gasteiger partial charge >= 0.3 is 0 Å². The Labute approximate surface area is 212 Å². The second-order valence-corrected chi connectivity index (χ2v) is 8.59. The number of aliphatic hydroxyl groups is 3. The third-order valence-corrected chi connectivity index (χ3v) is 6.26. The van der Waals surface area contributed by atoms with Gasteiger partial charge < -0.3 is 25.0 Å². The summed E-state index contributed by atoms with van der Waals surface area (Å²) in [6.07, 6.45) is -1.78. The average Bonchev–Trinajstić information content (AvgIpc) is 3.51. The van der Waals surface area contributed by atoms with Crippen molar-refractivity contribution in [3.8, 4) is 22.3 Å². The predicted octanol–water partition coefficient (Wildman–Crippen LogP) is 2.75. The molecule has 0 spiro atoms. The Balaban J connectivity index is 0.000000152. The molecule has 1 saturated heterocycles. The summed E-state index contributed by atoms with van der Waals surface area (Å²) in [5.41, 5.74) is 4.98. The van der Waals surface area contributed by atoms with Crippen molar-refractivity contribution in [2.24, 2.45) is 0 Å². The van der Waals surface area contributed by atoms with Gasteiger partial charge in [-0.05, 0) is 22.3 Å². The molecule has 0 saturated carbocycles. The molecule has 0 aliphatic carbocycles. The Morgan fingerprint density at radius 3 is 1.84 bits per heavy atom. The molecule has 0 radical (unpaired) electrons. The minimum absolute atomic E-state index is 0.111. The summed E-state index contributed by atoms with van der Waals surface area (Å²) in [4.78, 5) is 21.8. The van der Waals surface area contributed by atoms with Crippen molar-refractivity contribution < 1.29 is 20.1 Å². The molecule has 1 aliphatic rings. The number of fused-ring (bicyclic) bond motifs is 1. The van der Waals surface area contributed by atoms with Crippen LogP contribution in [0, 0.1) is 0 Å². The van der Waals surface area contributed by atoms with Crippen LogP contribution in [0.5, 0.6) is 0 Å². The van der Waals surface area contributed by atoms with Crippen molar-refractivity contribution in [1.82, 2.24) is 19.5 Å². The molecule has 3 aromatic carbocycles. The number of ether oxygens (including phenoxy) is 1. The lowest BCUT2D eigenvalue weighted by molar-refractivity contribution is -0.0511. The number of nitrogens with zero attached hydrogens (tertiary/aromatic N) is 3. The number of aliphatic hydroxyl groups excluding tert-OH is 3. The van der Waals surface area contributed by atoms with Gasteiger partial charge in [0.1, 0.15) is 18.3 Å². The highest BCUT2D eigenvalue weighted by molar-refractivity contribution is 5.70. The van der Waals surface area contributed by atoms with Crippen LogP contribution < -0.4 is 5.56 Å². The zero-order valence-electron chi connectivity index (χ0n) is 19.8. The predicted molar refractivity (Wildman–Crippen MR) is 138 cm³/mol. The van der Waals surface area contributed by atoms with E-state index in [1.807, 2.05) is 12.1 Å². The normalized spacial score (nSPS) is 20.9. The van der Waals surface area contributed by atoms with E-state index in [9.17, 15) is 15.0 Å². The van der Waals surface area contributed by atoms with E-state index in [4.69, 9.17) is 9.84 Å². The summed E-state index contributed by atoms with van der Waals surface area (Å²) < 4.78 is 6.70. The van der Waals surface area contributed by atoms with Gasteiger partial charge in [-0.2, -0.15) is 0 Å². The summed E-state index contributed by atoms with van der Waals surface area (Å²) in [5.74, 6) is 0. The fourth-order valence-electron chi connectivity index (χ4n) is 4.28. The molecule has 1 fully saturated rings. The van der Waals surface area contributed by atoms with E-state index >= 15 is 0 Å². The van der Waals surface area contributed by atoms with E-state index in [-0.39, 0.29) is 11.2 Å². The molecule has 0 amide bonds. The first-order chi connectivity index (χ1) is 18.1. The quantitative estimate of drug-likeness (QED) is 0.299. The molecule has 0 bridgehead atoms. The van der Waals surface area contributed by atoms with Crippen LogP contribution in [-0.2, 0) is 4.74 Å². The number of aromatic nitrogens is 4. The molecule has 4 N–H and O–H groups in total. The lowest BCUT2D eigenvalue weighted by Gasteiger charge is -2.16. The molecular weight excluding hydrogens is 472 g/mol. The number of rotatable bonds is 4. The zero-order chi connectivity index (χ0) is 25.8. The van der Waals surface area contributed by atoms with E-state index in [2.05, 4.69) is 87.7 Å². The highest BCUT2D eigenvalue weighted by atomic mass is 16.6. The van der Waals surface area contributed by atoms with E-state index in [0.717, 1.165) is 0 Å². The van der Waals surface area contributed by atoms with E-state index in [1.165, 1.54) is 39.5 Å². The minimum Gasteiger partial charge on any atom is -0.394 e. The minimum atomic E-state index is -1.24. The molecule has 0 unspecified atom stereocenters. The molecule has 5 aromatic rings. The van der Waals surface area contributed by atoms with Crippen molar-refractivity contribution in [2.45, 2.75) is 24.5 Å². The van der Waals surface area contributed by atoms with Gasteiger partial charge in [0.15, 0.2) is 17.4 Å². The summed E-state index contributed by atoms with van der Waals surface area (Å²) >= 11 is 0. The molecular formula is C28H26N4O5. The number of benzene rings is 3. The zero-order valence-corrected chi connectivity index (χ0v) is 19.8. The lowest BCUT2D eigenvalue weighted by Crippen LogP contribution is -2.33. The van der Waals surface area contributed by atoms with Crippen LogP contribution in [-0.4, -0.2) is 59.8 Å². The van der Waals surface area contributed by atoms with Gasteiger partial charge in [0.05, 0.1) is 19.3 Å². The Hall–Kier alpha value is -4.15. The average molecular weight is 499 g/mol. The highest BCUT2D eigenvalue weighted by Gasteiger charge is 2.43. The number of imidazole rings is 1. The summed E-state index contributed by atoms with van der Waals surface area (Å²) in [6.45, 7) is -0.421. The molecule has 6 rings (SSSR count). The van der Waals surface area contributed by atoms with Crippen LogP contribution >= 0.6 is 0 Å². The standard InChI is InChI=1S/C18H14.C10H12N4O5/c1-3-7-15(8-4-1)17-11-13-18(14-12-17)16-9-5-2-6-10-16;15-1-4-6(16)7(17)10(19-4)14-3-13-5-8(14)11-2-12-9(5)18/h1-14H;2-4,6-7,10,15-17H,1H2,(H,11,12,18)/t;4-,6-,7-,10-/m.1/s1. The van der Waals surface area contributed by atoms with Gasteiger partial charge in [-0.15, -0.1) is 0 Å². The van der Waals surface area contributed by atoms with Crippen molar-refractivity contribution in [3.63, 3.8) is 0 Å². The van der Waals surface area contributed by atoms with Crippen LogP contribution in [0.3, 0.4) is 0 Å². The number of hydrogen-bond acceptors (Lipinski definition) is 7. The van der Waals surface area contributed by atoms with Crippen LogP contribution in [0.2, 0.25) is 0 Å². The third-order valence-electron chi connectivity index (χ3n) is 6.26. The fraction of sp³-hybridized carbons (Fsp3) is 0.179. The molecule has 4 atom stereocenters. The van der Waals surface area contributed by atoms with Crippen molar-refractivity contribution in [1.29, 1.82) is 0 Å². The monoisotopic (exact) mass is 498 g/mol. The molecule has 9 nitrogen and oxygen atoms in total. The second-order valence-electron chi connectivity index (χ2n) is 8.59. The first-order valence-corrected chi connectivity index (χ1v) is 11.8. The maximum Gasteiger partial charge on any atom is 0.278 e. The Morgan fingerprint density at radius 1 is 0.784 bits per heavy atom. The Morgan fingerprint density at radius 2 is 1.32 bits per heavy atom. The topological polar surface area (TPSA) is 133 Å². The van der Waals surface area contributed by atoms with Crippen LogP contribution in [0.4, 0.5) is 0 Å². The molecule has 1 aliphatic heterocycles. The molecule has 3 heterocycles. The number of aromatic amines is 1. The van der Waals surface area contributed by atoms with E-state index < -0.39 is 36.7 Å². The number of hydrogen-bond donors (Lipinski definition) is 4. The van der Waals surface area contributed by atoms with Gasteiger partial charge in [-0.1, -0.05) is 84.9 Å². The Bertz CT molecular complexity index is 1440. The van der Waals surface area contributed by atoms with Gasteiger partial charge in [-0.3, -0.25) is 9.36 Å². The highest BCUT2D eigenvalue weighted by Crippen LogP contribution is 2.30. The second kappa shape index (κ2) is 10.9. The maximum atomic E-state index is 11.5. The Kier molecular flexibility index (Phi) is 7.20. The van der Waals surface area contributed by atoms with Gasteiger partial charge in [0.2, 0.25) is 0 Å². The van der Waals surface area contributed by atoms with Gasteiger partial charge in [-0.25, -0.2) is 9.97 Å².